The SMILES string of the molecule is CC1CN(C(=O)c2c(NC(=O)c3ccco3)sc3c2CCC(C(C)(C)C)C3)CC(C)O1. The molecule has 1 N–H and O–H groups in total. The second-order valence-corrected chi connectivity index (χ2v) is 11.0. The van der Waals surface area contributed by atoms with Crippen LogP contribution in [0.15, 0.2) is 22.8 Å². The molecule has 1 aliphatic heterocycles. The Morgan fingerprint density at radius 1 is 1.19 bits per heavy atom. The number of thiophene rings is 1. The van der Waals surface area contributed by atoms with Gasteiger partial charge in [-0.1, -0.05) is 20.8 Å². The first-order valence-electron chi connectivity index (χ1n) is 11.1. The molecule has 7 heteroatoms. The van der Waals surface area contributed by atoms with E-state index in [-0.39, 0.29) is 35.2 Å². The third-order valence-corrected chi connectivity index (χ3v) is 7.55. The normalized spacial score (nSPS) is 24.0. The number of fused-ring (bicyclic) bond motifs is 1. The average molecular weight is 445 g/mol. The number of nitrogens with one attached hydrogen (secondary N) is 1. The first-order valence-corrected chi connectivity index (χ1v) is 11.9. The molecule has 2 aliphatic rings. The second-order valence-electron chi connectivity index (χ2n) is 9.91. The second kappa shape index (κ2) is 8.43. The summed E-state index contributed by atoms with van der Waals surface area (Å²) in [5.41, 5.74) is 1.98. The van der Waals surface area contributed by atoms with Crippen molar-refractivity contribution in [2.24, 2.45) is 11.3 Å². The highest BCUT2D eigenvalue weighted by Gasteiger charge is 2.36. The van der Waals surface area contributed by atoms with Crippen LogP contribution in [0.1, 0.15) is 72.4 Å². The van der Waals surface area contributed by atoms with Crippen LogP contribution in [0.5, 0.6) is 0 Å². The molecule has 3 heterocycles. The standard InChI is InChI=1S/C24H32N2O4S/c1-14-12-26(13-15(2)30-14)23(28)20-17-9-8-16(24(3,4)5)11-19(17)31-22(20)25-21(27)18-7-6-10-29-18/h6-7,10,14-16H,8-9,11-13H2,1-5H3,(H,25,27). The Labute approximate surface area is 187 Å². The molecule has 4 rings (SSSR count). The van der Waals surface area contributed by atoms with Crippen molar-refractivity contribution in [3.05, 3.63) is 40.2 Å². The molecule has 0 bridgehead atoms. The largest absolute Gasteiger partial charge is 0.459 e. The minimum Gasteiger partial charge on any atom is -0.459 e. The summed E-state index contributed by atoms with van der Waals surface area (Å²) >= 11 is 1.55. The smallest absolute Gasteiger partial charge is 0.291 e. The predicted octanol–water partition coefficient (Wildman–Crippen LogP) is 4.99. The molecule has 3 unspecified atom stereocenters. The summed E-state index contributed by atoms with van der Waals surface area (Å²) in [7, 11) is 0. The van der Waals surface area contributed by atoms with Crippen molar-refractivity contribution in [3.63, 3.8) is 0 Å². The Kier molecular flexibility index (Phi) is 6.01. The molecule has 1 fully saturated rings. The van der Waals surface area contributed by atoms with Gasteiger partial charge in [-0.05, 0) is 62.1 Å². The lowest BCUT2D eigenvalue weighted by Crippen LogP contribution is -2.48. The Balaban J connectivity index is 1.69. The van der Waals surface area contributed by atoms with E-state index in [4.69, 9.17) is 9.15 Å². The van der Waals surface area contributed by atoms with Gasteiger partial charge in [0.05, 0.1) is 24.0 Å². The highest BCUT2D eigenvalue weighted by atomic mass is 32.1. The lowest BCUT2D eigenvalue weighted by atomic mass is 9.72. The third-order valence-electron chi connectivity index (χ3n) is 6.38. The van der Waals surface area contributed by atoms with E-state index < -0.39 is 0 Å². The molecule has 31 heavy (non-hydrogen) atoms. The van der Waals surface area contributed by atoms with E-state index in [1.54, 1.807) is 23.5 Å². The van der Waals surface area contributed by atoms with Crippen LogP contribution in [-0.2, 0) is 17.6 Å². The van der Waals surface area contributed by atoms with Crippen molar-refractivity contribution >= 4 is 28.2 Å². The summed E-state index contributed by atoms with van der Waals surface area (Å²) in [5, 5.41) is 3.61. The lowest BCUT2D eigenvalue weighted by molar-refractivity contribution is -0.0586. The molecule has 3 atom stereocenters. The Morgan fingerprint density at radius 3 is 2.52 bits per heavy atom. The van der Waals surface area contributed by atoms with Crippen LogP contribution >= 0.6 is 11.3 Å². The Morgan fingerprint density at radius 2 is 1.90 bits per heavy atom. The zero-order chi connectivity index (χ0) is 22.3. The van der Waals surface area contributed by atoms with E-state index in [0.717, 1.165) is 24.8 Å². The van der Waals surface area contributed by atoms with E-state index in [2.05, 4.69) is 26.1 Å². The number of morpholine rings is 1. The molecule has 0 spiro atoms. The summed E-state index contributed by atoms with van der Waals surface area (Å²) in [6, 6.07) is 3.32. The maximum Gasteiger partial charge on any atom is 0.291 e. The fourth-order valence-electron chi connectivity index (χ4n) is 4.71. The fourth-order valence-corrected chi connectivity index (χ4v) is 6.03. The summed E-state index contributed by atoms with van der Waals surface area (Å²) in [4.78, 5) is 29.5. The highest BCUT2D eigenvalue weighted by Crippen LogP contribution is 2.45. The van der Waals surface area contributed by atoms with Crippen molar-refractivity contribution in [1.82, 2.24) is 4.90 Å². The number of carbonyl (C=O) groups is 2. The molecule has 2 aromatic heterocycles. The van der Waals surface area contributed by atoms with Gasteiger partial charge in [0.15, 0.2) is 5.76 Å². The summed E-state index contributed by atoms with van der Waals surface area (Å²) < 4.78 is 11.1. The van der Waals surface area contributed by atoms with Gasteiger partial charge in [-0.3, -0.25) is 9.59 Å². The van der Waals surface area contributed by atoms with Gasteiger partial charge in [0, 0.05) is 18.0 Å². The van der Waals surface area contributed by atoms with Gasteiger partial charge in [0.25, 0.3) is 11.8 Å². The molecule has 1 aliphatic carbocycles. The maximum absolute atomic E-state index is 13.7. The molecule has 2 amide bonds. The quantitative estimate of drug-likeness (QED) is 0.724. The molecular weight excluding hydrogens is 412 g/mol. The van der Waals surface area contributed by atoms with E-state index in [1.807, 2.05) is 18.7 Å². The van der Waals surface area contributed by atoms with Crippen LogP contribution in [0.3, 0.4) is 0 Å². The number of hydrogen-bond acceptors (Lipinski definition) is 5. The molecule has 0 saturated carbocycles. The van der Waals surface area contributed by atoms with Crippen LogP contribution in [0.4, 0.5) is 5.00 Å². The van der Waals surface area contributed by atoms with Crippen molar-refractivity contribution in [1.29, 1.82) is 0 Å². The third kappa shape index (κ3) is 4.58. The van der Waals surface area contributed by atoms with Crippen molar-refractivity contribution < 1.29 is 18.7 Å². The van der Waals surface area contributed by atoms with Crippen molar-refractivity contribution in [3.8, 4) is 0 Å². The van der Waals surface area contributed by atoms with Gasteiger partial charge in [0.2, 0.25) is 0 Å². The van der Waals surface area contributed by atoms with Crippen LogP contribution in [-0.4, -0.2) is 42.0 Å². The fraction of sp³-hybridized carbons (Fsp3) is 0.583. The maximum atomic E-state index is 13.7. The molecule has 168 valence electrons. The van der Waals surface area contributed by atoms with Crippen LogP contribution in [0.2, 0.25) is 0 Å². The summed E-state index contributed by atoms with van der Waals surface area (Å²) in [5.74, 6) is 0.460. The summed E-state index contributed by atoms with van der Waals surface area (Å²) in [6.45, 7) is 11.9. The van der Waals surface area contributed by atoms with Gasteiger partial charge in [0.1, 0.15) is 5.00 Å². The predicted molar refractivity (Wildman–Crippen MR) is 122 cm³/mol. The number of furan rings is 1. The first-order chi connectivity index (χ1) is 14.6. The van der Waals surface area contributed by atoms with Crippen LogP contribution in [0.25, 0.3) is 0 Å². The number of ether oxygens (including phenoxy) is 1. The topological polar surface area (TPSA) is 71.8 Å². The molecule has 0 aromatic carbocycles. The number of hydrogen-bond donors (Lipinski definition) is 1. The van der Waals surface area contributed by atoms with Gasteiger partial charge >= 0.3 is 0 Å². The van der Waals surface area contributed by atoms with Gasteiger partial charge < -0.3 is 19.4 Å². The van der Waals surface area contributed by atoms with Crippen LogP contribution < -0.4 is 5.32 Å². The summed E-state index contributed by atoms with van der Waals surface area (Å²) in [6.07, 6.45) is 4.32. The minimum atomic E-state index is -0.325. The number of anilines is 1. The monoisotopic (exact) mass is 444 g/mol. The Bertz CT molecular complexity index is 947. The van der Waals surface area contributed by atoms with Crippen molar-refractivity contribution in [2.45, 2.75) is 66.1 Å². The number of rotatable bonds is 3. The van der Waals surface area contributed by atoms with Crippen LogP contribution in [0, 0.1) is 11.3 Å². The molecule has 0 radical (unpaired) electrons. The molecule has 6 nitrogen and oxygen atoms in total. The minimum absolute atomic E-state index is 0.00593. The number of nitrogens with zero attached hydrogens (tertiary/aromatic N) is 1. The zero-order valence-electron chi connectivity index (χ0n) is 19.0. The average Bonchev–Trinajstić information content (AvgIpc) is 3.33. The van der Waals surface area contributed by atoms with E-state index in [0.29, 0.717) is 29.6 Å². The van der Waals surface area contributed by atoms with Gasteiger partial charge in [-0.15, -0.1) is 11.3 Å². The molecular formula is C24H32N2O4S. The van der Waals surface area contributed by atoms with Crippen molar-refractivity contribution in [2.75, 3.05) is 18.4 Å². The number of carbonyl (C=O) groups excluding carboxylic acids is 2. The first kappa shape index (κ1) is 22.1. The molecule has 1 saturated heterocycles. The lowest BCUT2D eigenvalue weighted by Gasteiger charge is -2.36. The Hall–Kier alpha value is -2.12. The van der Waals surface area contributed by atoms with E-state index in [9.17, 15) is 9.59 Å². The molecule has 2 aromatic rings. The van der Waals surface area contributed by atoms with Gasteiger partial charge in [-0.2, -0.15) is 0 Å². The van der Waals surface area contributed by atoms with Gasteiger partial charge in [-0.25, -0.2) is 0 Å². The number of amides is 2. The zero-order valence-corrected chi connectivity index (χ0v) is 19.8. The van der Waals surface area contributed by atoms with E-state index in [1.165, 1.54) is 11.1 Å². The van der Waals surface area contributed by atoms with E-state index >= 15 is 0 Å². The highest BCUT2D eigenvalue weighted by molar-refractivity contribution is 7.17.